The van der Waals surface area contributed by atoms with Gasteiger partial charge in [0.2, 0.25) is 0 Å². The summed E-state index contributed by atoms with van der Waals surface area (Å²) in [5.41, 5.74) is 1.32. The van der Waals surface area contributed by atoms with Crippen LogP contribution in [0, 0.1) is 5.92 Å². The highest BCUT2D eigenvalue weighted by Gasteiger charge is 2.24. The monoisotopic (exact) mass is 272 g/mol. The molecule has 0 radical (unpaired) electrons. The van der Waals surface area contributed by atoms with E-state index in [4.69, 9.17) is 0 Å². The van der Waals surface area contributed by atoms with E-state index < -0.39 is 0 Å². The Bertz CT molecular complexity index is 453. The number of rotatable bonds is 5. The van der Waals surface area contributed by atoms with Crippen molar-refractivity contribution in [1.29, 1.82) is 0 Å². The summed E-state index contributed by atoms with van der Waals surface area (Å²) < 4.78 is 0. The molecular formula is C17H24N2O. The van der Waals surface area contributed by atoms with E-state index >= 15 is 0 Å². The normalized spacial score (nSPS) is 20.2. The largest absolute Gasteiger partial charge is 0.383 e. The van der Waals surface area contributed by atoms with Crippen LogP contribution in [0.2, 0.25) is 0 Å². The Hall–Kier alpha value is -1.61. The number of benzene rings is 1. The van der Waals surface area contributed by atoms with Crippen molar-refractivity contribution in [2.24, 2.45) is 5.92 Å². The van der Waals surface area contributed by atoms with E-state index in [1.54, 1.807) is 6.08 Å². The van der Waals surface area contributed by atoms with E-state index in [-0.39, 0.29) is 11.7 Å². The van der Waals surface area contributed by atoms with Crippen molar-refractivity contribution in [3.8, 4) is 0 Å². The molecule has 3 heteroatoms. The third-order valence-corrected chi connectivity index (χ3v) is 3.69. The molecule has 1 unspecified atom stereocenters. The fourth-order valence-electron chi connectivity index (χ4n) is 2.63. The zero-order valence-corrected chi connectivity index (χ0v) is 12.5. The minimum atomic E-state index is 0.156. The summed E-state index contributed by atoms with van der Waals surface area (Å²) in [5, 5.41) is 0. The van der Waals surface area contributed by atoms with Crippen LogP contribution in [0.25, 0.3) is 0 Å². The highest BCUT2D eigenvalue weighted by Crippen LogP contribution is 2.19. The van der Waals surface area contributed by atoms with Gasteiger partial charge in [0.15, 0.2) is 5.78 Å². The van der Waals surface area contributed by atoms with Crippen molar-refractivity contribution >= 4 is 5.78 Å². The molecule has 0 saturated carbocycles. The third kappa shape index (κ3) is 4.49. The Morgan fingerprint density at radius 2 is 2.10 bits per heavy atom. The smallest absolute Gasteiger partial charge is 0.161 e. The number of allylic oxidation sites excluding steroid dienone is 1. The summed E-state index contributed by atoms with van der Waals surface area (Å²) >= 11 is 0. The van der Waals surface area contributed by atoms with Crippen molar-refractivity contribution < 1.29 is 4.79 Å². The lowest BCUT2D eigenvalue weighted by Crippen LogP contribution is -2.37. The summed E-state index contributed by atoms with van der Waals surface area (Å²) in [7, 11) is 3.87. The maximum atomic E-state index is 12.2. The van der Waals surface area contributed by atoms with Crippen LogP contribution in [0.5, 0.6) is 0 Å². The summed E-state index contributed by atoms with van der Waals surface area (Å²) in [6.07, 6.45) is 5.69. The number of hydrogen-bond acceptors (Lipinski definition) is 3. The van der Waals surface area contributed by atoms with Gasteiger partial charge in [0.05, 0.1) is 0 Å². The second-order valence-electron chi connectivity index (χ2n) is 5.74. The average Bonchev–Trinajstić information content (AvgIpc) is 2.46. The van der Waals surface area contributed by atoms with Crippen LogP contribution in [0.3, 0.4) is 0 Å². The zero-order chi connectivity index (χ0) is 14.4. The molecule has 0 N–H and O–H groups in total. The van der Waals surface area contributed by atoms with Crippen LogP contribution in [-0.2, 0) is 11.3 Å². The van der Waals surface area contributed by atoms with Gasteiger partial charge in [-0.1, -0.05) is 30.3 Å². The fourth-order valence-corrected chi connectivity index (χ4v) is 2.63. The Morgan fingerprint density at radius 1 is 1.35 bits per heavy atom. The summed E-state index contributed by atoms with van der Waals surface area (Å²) in [6, 6.07) is 10.5. The number of piperidine rings is 1. The lowest BCUT2D eigenvalue weighted by Gasteiger charge is -2.31. The Balaban J connectivity index is 1.90. The van der Waals surface area contributed by atoms with Crippen molar-refractivity contribution in [1.82, 2.24) is 9.80 Å². The van der Waals surface area contributed by atoms with E-state index in [0.717, 1.165) is 32.5 Å². The lowest BCUT2D eigenvalue weighted by molar-refractivity contribution is -0.119. The topological polar surface area (TPSA) is 23.6 Å². The number of carbonyl (C=O) groups is 1. The molecule has 0 bridgehead atoms. The first-order chi connectivity index (χ1) is 9.65. The van der Waals surface area contributed by atoms with E-state index in [1.165, 1.54) is 5.56 Å². The first-order valence-electron chi connectivity index (χ1n) is 7.30. The lowest BCUT2D eigenvalue weighted by atomic mass is 9.93. The average molecular weight is 272 g/mol. The maximum absolute atomic E-state index is 12.2. The van der Waals surface area contributed by atoms with E-state index in [0.29, 0.717) is 0 Å². The summed E-state index contributed by atoms with van der Waals surface area (Å²) in [4.78, 5) is 16.5. The minimum absolute atomic E-state index is 0.156. The molecule has 2 rings (SSSR count). The molecule has 20 heavy (non-hydrogen) atoms. The highest BCUT2D eigenvalue weighted by atomic mass is 16.1. The van der Waals surface area contributed by atoms with Gasteiger partial charge in [-0.3, -0.25) is 9.69 Å². The molecule has 3 nitrogen and oxygen atoms in total. The first kappa shape index (κ1) is 14.8. The predicted molar refractivity (Wildman–Crippen MR) is 82.3 cm³/mol. The van der Waals surface area contributed by atoms with E-state index in [1.807, 2.05) is 31.3 Å². The maximum Gasteiger partial charge on any atom is 0.161 e. The Kier molecular flexibility index (Phi) is 5.36. The molecule has 1 aliphatic heterocycles. The molecule has 0 aliphatic carbocycles. The third-order valence-electron chi connectivity index (χ3n) is 3.69. The van der Waals surface area contributed by atoms with Crippen molar-refractivity contribution in [3.63, 3.8) is 0 Å². The Morgan fingerprint density at radius 3 is 2.80 bits per heavy atom. The fraction of sp³-hybridized carbons (Fsp3) is 0.471. The zero-order valence-electron chi connectivity index (χ0n) is 12.5. The molecule has 1 saturated heterocycles. The van der Waals surface area contributed by atoms with Crippen molar-refractivity contribution in [2.75, 3.05) is 27.2 Å². The van der Waals surface area contributed by atoms with Gasteiger partial charge < -0.3 is 4.90 Å². The van der Waals surface area contributed by atoms with Crippen molar-refractivity contribution in [3.05, 3.63) is 48.2 Å². The molecule has 0 aromatic heterocycles. The second kappa shape index (κ2) is 7.25. The van der Waals surface area contributed by atoms with Gasteiger partial charge >= 0.3 is 0 Å². The molecule has 1 aliphatic rings. The molecule has 0 amide bonds. The number of likely N-dealkylation sites (tertiary alicyclic amines) is 1. The van der Waals surface area contributed by atoms with Crippen LogP contribution in [0.4, 0.5) is 0 Å². The van der Waals surface area contributed by atoms with Crippen LogP contribution in [0.15, 0.2) is 42.6 Å². The molecule has 0 spiro atoms. The second-order valence-corrected chi connectivity index (χ2v) is 5.74. The van der Waals surface area contributed by atoms with E-state index in [2.05, 4.69) is 29.2 Å². The van der Waals surface area contributed by atoms with Gasteiger partial charge in [0.1, 0.15) is 0 Å². The van der Waals surface area contributed by atoms with Gasteiger partial charge in [-0.15, -0.1) is 0 Å². The number of hydrogen-bond donors (Lipinski definition) is 0. The van der Waals surface area contributed by atoms with Crippen LogP contribution >= 0.6 is 0 Å². The number of carbonyl (C=O) groups excluding carboxylic acids is 1. The van der Waals surface area contributed by atoms with E-state index in [9.17, 15) is 4.79 Å². The van der Waals surface area contributed by atoms with Gasteiger partial charge in [-0.2, -0.15) is 0 Å². The quantitative estimate of drug-likeness (QED) is 0.770. The number of ketones is 1. The van der Waals surface area contributed by atoms with Gasteiger partial charge in [0, 0.05) is 39.3 Å². The first-order valence-corrected chi connectivity index (χ1v) is 7.30. The van der Waals surface area contributed by atoms with Gasteiger partial charge in [-0.25, -0.2) is 0 Å². The summed E-state index contributed by atoms with van der Waals surface area (Å²) in [5.74, 6) is 0.417. The molecule has 1 aromatic rings. The summed E-state index contributed by atoms with van der Waals surface area (Å²) in [6.45, 7) is 2.92. The Labute approximate surface area is 121 Å². The van der Waals surface area contributed by atoms with Gasteiger partial charge in [-0.05, 0) is 31.0 Å². The molecule has 1 fully saturated rings. The molecule has 1 atom stereocenters. The van der Waals surface area contributed by atoms with Crippen molar-refractivity contribution in [2.45, 2.75) is 19.4 Å². The molecule has 108 valence electrons. The minimum Gasteiger partial charge on any atom is -0.383 e. The van der Waals surface area contributed by atoms with Crippen LogP contribution in [0.1, 0.15) is 18.4 Å². The SMILES string of the molecule is CN(C)C=CC(=O)C1CCCN(Cc2ccccc2)C1. The standard InChI is InChI=1S/C17H24N2O/c1-18(2)12-10-17(20)16-9-6-11-19(14-16)13-15-7-4-3-5-8-15/h3-5,7-8,10,12,16H,6,9,11,13-14H2,1-2H3. The number of nitrogens with zero attached hydrogens (tertiary/aromatic N) is 2. The van der Waals surface area contributed by atoms with Crippen LogP contribution in [-0.4, -0.2) is 42.8 Å². The molecule has 1 heterocycles. The molecule has 1 aromatic carbocycles. The van der Waals surface area contributed by atoms with Crippen LogP contribution < -0.4 is 0 Å². The molecular weight excluding hydrogens is 248 g/mol. The predicted octanol–water partition coefficient (Wildman–Crippen LogP) is 2.54. The highest BCUT2D eigenvalue weighted by molar-refractivity contribution is 5.91. The van der Waals surface area contributed by atoms with Gasteiger partial charge in [0.25, 0.3) is 0 Å².